The quantitative estimate of drug-likeness (QED) is 0.823. The lowest BCUT2D eigenvalue weighted by molar-refractivity contribution is 0.0831. The van der Waals surface area contributed by atoms with E-state index in [1.165, 1.54) is 0 Å². The fourth-order valence-electron chi connectivity index (χ4n) is 2.77. The van der Waals surface area contributed by atoms with Crippen molar-refractivity contribution in [2.75, 3.05) is 5.32 Å². The zero-order valence-electron chi connectivity index (χ0n) is 10.4. The van der Waals surface area contributed by atoms with E-state index in [-0.39, 0.29) is 17.6 Å². The number of fused-ring (bicyclic) bond motifs is 1. The first-order valence-corrected chi connectivity index (χ1v) is 5.92. The number of carbonyl (C=O) groups is 1. The Morgan fingerprint density at radius 2 is 1.62 bits per heavy atom. The van der Waals surface area contributed by atoms with Gasteiger partial charge < -0.3 is 5.32 Å². The monoisotopic (exact) mass is 217 g/mol. The van der Waals surface area contributed by atoms with Crippen LogP contribution in [0.4, 0.5) is 5.69 Å². The van der Waals surface area contributed by atoms with Gasteiger partial charge in [-0.3, -0.25) is 4.79 Å². The van der Waals surface area contributed by atoms with Crippen molar-refractivity contribution in [3.05, 3.63) is 29.8 Å². The van der Waals surface area contributed by atoms with Crippen molar-refractivity contribution in [2.45, 2.75) is 33.2 Å². The van der Waals surface area contributed by atoms with Crippen LogP contribution in [0.1, 0.15) is 38.1 Å². The first kappa shape index (κ1) is 11.2. The van der Waals surface area contributed by atoms with Crippen molar-refractivity contribution in [2.24, 2.45) is 11.8 Å². The number of hydrogen-bond donors (Lipinski definition) is 1. The van der Waals surface area contributed by atoms with Crippen LogP contribution in [0.2, 0.25) is 0 Å². The minimum Gasteiger partial charge on any atom is -0.371 e. The Bertz CT molecular complexity index is 412. The van der Waals surface area contributed by atoms with Gasteiger partial charge in [0.05, 0.1) is 0 Å². The molecule has 1 aromatic carbocycles. The molecule has 2 heteroatoms. The van der Waals surface area contributed by atoms with Gasteiger partial charge in [0.2, 0.25) is 0 Å². The molecule has 1 aromatic rings. The van der Waals surface area contributed by atoms with Crippen LogP contribution in [-0.2, 0) is 0 Å². The Morgan fingerprint density at radius 3 is 2.12 bits per heavy atom. The van der Waals surface area contributed by atoms with E-state index in [0.717, 1.165) is 11.3 Å². The van der Waals surface area contributed by atoms with Crippen molar-refractivity contribution < 1.29 is 4.79 Å². The maximum atomic E-state index is 12.5. The lowest BCUT2D eigenvalue weighted by atomic mass is 9.74. The molecule has 0 spiro atoms. The lowest BCUT2D eigenvalue weighted by Gasteiger charge is -2.36. The third-order valence-corrected chi connectivity index (χ3v) is 3.71. The molecule has 0 amide bonds. The number of anilines is 1. The van der Waals surface area contributed by atoms with E-state index in [0.29, 0.717) is 0 Å². The van der Waals surface area contributed by atoms with Crippen LogP contribution in [0.15, 0.2) is 24.3 Å². The van der Waals surface area contributed by atoms with Gasteiger partial charge in [0.1, 0.15) is 5.54 Å². The highest BCUT2D eigenvalue weighted by Crippen LogP contribution is 2.41. The minimum atomic E-state index is -0.427. The smallest absolute Gasteiger partial charge is 0.190 e. The predicted octanol–water partition coefficient (Wildman–Crippen LogP) is 3.35. The number of nitrogens with one attached hydrogen (secondary N) is 1. The summed E-state index contributed by atoms with van der Waals surface area (Å²) in [5.41, 5.74) is 1.39. The van der Waals surface area contributed by atoms with Crippen LogP contribution in [0, 0.1) is 11.8 Å². The highest BCUT2D eigenvalue weighted by molar-refractivity contribution is 6.13. The molecule has 0 unspecified atom stereocenters. The Labute approximate surface area is 97.1 Å². The van der Waals surface area contributed by atoms with Gasteiger partial charge in [-0.15, -0.1) is 0 Å². The van der Waals surface area contributed by atoms with E-state index >= 15 is 0 Å². The molecule has 1 heterocycles. The zero-order valence-corrected chi connectivity index (χ0v) is 10.4. The van der Waals surface area contributed by atoms with Gasteiger partial charge in [0.15, 0.2) is 5.78 Å². The minimum absolute atomic E-state index is 0.244. The standard InChI is InChI=1S/C14H19NO/c1-9(2)14(10(3)4)13(16)11-7-5-6-8-12(11)15-14/h5-10,15H,1-4H3. The predicted molar refractivity (Wildman–Crippen MR) is 66.8 cm³/mol. The number of rotatable bonds is 2. The van der Waals surface area contributed by atoms with Crippen molar-refractivity contribution in [1.82, 2.24) is 0 Å². The molecule has 0 aliphatic carbocycles. The van der Waals surface area contributed by atoms with Crippen LogP contribution in [0.3, 0.4) is 0 Å². The van der Waals surface area contributed by atoms with Gasteiger partial charge in [-0.25, -0.2) is 0 Å². The number of ketones is 1. The second-order valence-electron chi connectivity index (χ2n) is 5.18. The van der Waals surface area contributed by atoms with E-state index < -0.39 is 5.54 Å². The first-order chi connectivity index (χ1) is 7.50. The molecule has 2 rings (SSSR count). The molecule has 0 radical (unpaired) electrons. The van der Waals surface area contributed by atoms with Crippen molar-refractivity contribution in [3.8, 4) is 0 Å². The van der Waals surface area contributed by atoms with E-state index in [1.807, 2.05) is 24.3 Å². The molecule has 0 aromatic heterocycles. The number of hydrogen-bond acceptors (Lipinski definition) is 2. The Kier molecular flexibility index (Phi) is 2.53. The van der Waals surface area contributed by atoms with Crippen molar-refractivity contribution >= 4 is 11.5 Å². The van der Waals surface area contributed by atoms with E-state index in [9.17, 15) is 4.79 Å². The summed E-state index contributed by atoms with van der Waals surface area (Å²) in [7, 11) is 0. The number of benzene rings is 1. The fourth-order valence-corrected chi connectivity index (χ4v) is 2.77. The zero-order chi connectivity index (χ0) is 11.9. The Morgan fingerprint density at radius 1 is 1.06 bits per heavy atom. The third-order valence-electron chi connectivity index (χ3n) is 3.71. The van der Waals surface area contributed by atoms with Crippen LogP contribution < -0.4 is 5.32 Å². The second-order valence-corrected chi connectivity index (χ2v) is 5.18. The summed E-state index contributed by atoms with van der Waals surface area (Å²) in [5.74, 6) is 0.813. The van der Waals surface area contributed by atoms with Crippen molar-refractivity contribution in [1.29, 1.82) is 0 Å². The molecule has 0 saturated heterocycles. The molecular weight excluding hydrogens is 198 g/mol. The topological polar surface area (TPSA) is 29.1 Å². The largest absolute Gasteiger partial charge is 0.371 e. The molecule has 0 fully saturated rings. The summed E-state index contributed by atoms with van der Waals surface area (Å²) in [6.07, 6.45) is 0. The number of Topliss-reactive ketones (excluding diaryl/α,β-unsaturated/α-hetero) is 1. The molecule has 0 saturated carbocycles. The van der Waals surface area contributed by atoms with E-state index in [4.69, 9.17) is 0 Å². The summed E-state index contributed by atoms with van der Waals surface area (Å²) in [5, 5.41) is 3.45. The van der Waals surface area contributed by atoms with Gasteiger partial charge in [0.25, 0.3) is 0 Å². The Hall–Kier alpha value is -1.31. The SMILES string of the molecule is CC(C)C1(C(C)C)Nc2ccccc2C1=O. The van der Waals surface area contributed by atoms with E-state index in [2.05, 4.69) is 33.0 Å². The van der Waals surface area contributed by atoms with Crippen LogP contribution >= 0.6 is 0 Å². The summed E-state index contributed by atoms with van der Waals surface area (Å²) < 4.78 is 0. The first-order valence-electron chi connectivity index (χ1n) is 5.92. The van der Waals surface area contributed by atoms with Crippen molar-refractivity contribution in [3.63, 3.8) is 0 Å². The molecule has 16 heavy (non-hydrogen) atoms. The highest BCUT2D eigenvalue weighted by atomic mass is 16.1. The molecule has 0 atom stereocenters. The maximum absolute atomic E-state index is 12.5. The van der Waals surface area contributed by atoms with Gasteiger partial charge >= 0.3 is 0 Å². The number of para-hydroxylation sites is 1. The maximum Gasteiger partial charge on any atom is 0.190 e. The average Bonchev–Trinajstić information content (AvgIpc) is 2.54. The van der Waals surface area contributed by atoms with Gasteiger partial charge in [0, 0.05) is 11.3 Å². The second kappa shape index (κ2) is 3.62. The third kappa shape index (κ3) is 1.29. The summed E-state index contributed by atoms with van der Waals surface area (Å²) in [6.45, 7) is 8.43. The molecule has 86 valence electrons. The summed E-state index contributed by atoms with van der Waals surface area (Å²) in [4.78, 5) is 12.5. The molecule has 1 aliphatic rings. The van der Waals surface area contributed by atoms with Crippen LogP contribution in [0.5, 0.6) is 0 Å². The molecule has 2 nitrogen and oxygen atoms in total. The van der Waals surface area contributed by atoms with Crippen LogP contribution in [0.25, 0.3) is 0 Å². The highest BCUT2D eigenvalue weighted by Gasteiger charge is 2.49. The van der Waals surface area contributed by atoms with Crippen LogP contribution in [-0.4, -0.2) is 11.3 Å². The van der Waals surface area contributed by atoms with Gasteiger partial charge in [-0.05, 0) is 24.0 Å². The summed E-state index contributed by atoms with van der Waals surface area (Å²) in [6, 6.07) is 7.79. The molecule has 1 N–H and O–H groups in total. The normalized spacial score (nSPS) is 17.8. The molecular formula is C14H19NO. The lowest BCUT2D eigenvalue weighted by Crippen LogP contribution is -2.51. The molecule has 0 bridgehead atoms. The fraction of sp³-hybridized carbons (Fsp3) is 0.500. The van der Waals surface area contributed by atoms with Gasteiger partial charge in [-0.1, -0.05) is 39.8 Å². The van der Waals surface area contributed by atoms with Gasteiger partial charge in [-0.2, -0.15) is 0 Å². The summed E-state index contributed by atoms with van der Waals surface area (Å²) >= 11 is 0. The Balaban J connectivity index is 2.53. The number of carbonyl (C=O) groups excluding carboxylic acids is 1. The van der Waals surface area contributed by atoms with E-state index in [1.54, 1.807) is 0 Å². The molecule has 1 aliphatic heterocycles. The average molecular weight is 217 g/mol.